The maximum Gasteiger partial charge on any atom is 0.341 e. The van der Waals surface area contributed by atoms with Gasteiger partial charge in [0.05, 0.1) is 12.3 Å². The van der Waals surface area contributed by atoms with Crippen LogP contribution in [0, 0.1) is 5.41 Å². The van der Waals surface area contributed by atoms with Crippen LogP contribution < -0.4 is 5.32 Å². The molecule has 0 fully saturated rings. The van der Waals surface area contributed by atoms with Crippen molar-refractivity contribution in [3.05, 3.63) is 34.1 Å². The van der Waals surface area contributed by atoms with E-state index in [0.717, 1.165) is 10.7 Å². The molecule has 0 aliphatic carbocycles. The number of carbonyl (C=O) groups excluding carboxylic acids is 1. The number of halogens is 1. The second-order valence-corrected chi connectivity index (χ2v) is 3.61. The van der Waals surface area contributed by atoms with Gasteiger partial charge in [0, 0.05) is 16.9 Å². The van der Waals surface area contributed by atoms with E-state index < -0.39 is 5.97 Å². The Morgan fingerprint density at radius 1 is 1.73 bits per heavy atom. The van der Waals surface area contributed by atoms with E-state index in [1.54, 1.807) is 25.3 Å². The third-order valence-electron chi connectivity index (χ3n) is 1.69. The number of hydrogen-bond acceptors (Lipinski definition) is 4. The first kappa shape index (κ1) is 11.7. The average molecular weight is 271 g/mol. The SMILES string of the molecule is CCOC(=O)/C(C=N)=C1\C=C(Br)C=CN1. The standard InChI is InChI=1S/C10H11BrN2O2/c1-2-15-10(14)8(6-12)9-5-7(11)3-4-13-9/h3-6,12-13H,2H2,1H3/b9-8+,12-6?. The first-order valence-corrected chi connectivity index (χ1v) is 5.20. The van der Waals surface area contributed by atoms with Crippen molar-refractivity contribution in [1.29, 1.82) is 5.41 Å². The smallest absolute Gasteiger partial charge is 0.341 e. The summed E-state index contributed by atoms with van der Waals surface area (Å²) >= 11 is 3.29. The number of ether oxygens (including phenoxy) is 1. The van der Waals surface area contributed by atoms with E-state index >= 15 is 0 Å². The van der Waals surface area contributed by atoms with Gasteiger partial charge in [-0.1, -0.05) is 15.9 Å². The molecule has 0 radical (unpaired) electrons. The van der Waals surface area contributed by atoms with Crippen LogP contribution in [0.2, 0.25) is 0 Å². The third-order valence-corrected chi connectivity index (χ3v) is 2.19. The van der Waals surface area contributed by atoms with Crippen molar-refractivity contribution in [2.75, 3.05) is 6.61 Å². The van der Waals surface area contributed by atoms with Gasteiger partial charge < -0.3 is 15.5 Å². The summed E-state index contributed by atoms with van der Waals surface area (Å²) in [6.45, 7) is 2.02. The van der Waals surface area contributed by atoms with E-state index in [1.165, 1.54) is 0 Å². The van der Waals surface area contributed by atoms with E-state index in [1.807, 2.05) is 0 Å². The van der Waals surface area contributed by atoms with Crippen LogP contribution in [-0.2, 0) is 9.53 Å². The first-order chi connectivity index (χ1) is 7.19. The minimum Gasteiger partial charge on any atom is -0.462 e. The van der Waals surface area contributed by atoms with Gasteiger partial charge in [-0.2, -0.15) is 0 Å². The summed E-state index contributed by atoms with van der Waals surface area (Å²) < 4.78 is 5.66. The Kier molecular flexibility index (Phi) is 4.30. The van der Waals surface area contributed by atoms with Crippen LogP contribution in [0.5, 0.6) is 0 Å². The van der Waals surface area contributed by atoms with Gasteiger partial charge in [-0.3, -0.25) is 0 Å². The molecule has 4 nitrogen and oxygen atoms in total. The fourth-order valence-electron chi connectivity index (χ4n) is 1.05. The normalized spacial score (nSPS) is 17.6. The van der Waals surface area contributed by atoms with Gasteiger partial charge in [0.15, 0.2) is 0 Å². The molecule has 0 aromatic rings. The van der Waals surface area contributed by atoms with Gasteiger partial charge in [0.1, 0.15) is 5.57 Å². The van der Waals surface area contributed by atoms with Crippen molar-refractivity contribution in [3.63, 3.8) is 0 Å². The number of allylic oxidation sites excluding steroid dienone is 3. The molecule has 0 saturated heterocycles. The van der Waals surface area contributed by atoms with Gasteiger partial charge in [-0.05, 0) is 19.1 Å². The van der Waals surface area contributed by atoms with Crippen molar-refractivity contribution in [2.45, 2.75) is 6.92 Å². The fourth-order valence-corrected chi connectivity index (χ4v) is 1.41. The Morgan fingerprint density at radius 2 is 2.47 bits per heavy atom. The van der Waals surface area contributed by atoms with Crippen molar-refractivity contribution < 1.29 is 9.53 Å². The minimum atomic E-state index is -0.498. The van der Waals surface area contributed by atoms with Gasteiger partial charge in [0.2, 0.25) is 0 Å². The van der Waals surface area contributed by atoms with Crippen LogP contribution in [0.1, 0.15) is 6.92 Å². The zero-order valence-corrected chi connectivity index (χ0v) is 9.80. The molecular weight excluding hydrogens is 260 g/mol. The molecule has 0 spiro atoms. The average Bonchev–Trinajstić information content (AvgIpc) is 2.19. The molecule has 1 aliphatic rings. The van der Waals surface area contributed by atoms with Gasteiger partial charge in [-0.15, -0.1) is 0 Å². The maximum atomic E-state index is 11.4. The van der Waals surface area contributed by atoms with Gasteiger partial charge in [0.25, 0.3) is 0 Å². The Hall–Kier alpha value is -1.36. The Bertz CT molecular complexity index is 370. The monoisotopic (exact) mass is 270 g/mol. The van der Waals surface area contributed by atoms with E-state index in [0.29, 0.717) is 12.3 Å². The summed E-state index contributed by atoms with van der Waals surface area (Å²) in [7, 11) is 0. The highest BCUT2D eigenvalue weighted by Gasteiger charge is 2.13. The summed E-state index contributed by atoms with van der Waals surface area (Å²) in [5.41, 5.74) is 0.760. The lowest BCUT2D eigenvalue weighted by molar-refractivity contribution is -0.137. The molecule has 1 heterocycles. The summed E-state index contributed by atoms with van der Waals surface area (Å²) in [5, 5.41) is 10.1. The molecule has 0 aromatic carbocycles. The third kappa shape index (κ3) is 3.06. The topological polar surface area (TPSA) is 62.2 Å². The van der Waals surface area contributed by atoms with Gasteiger partial charge in [-0.25, -0.2) is 4.79 Å². The highest BCUT2D eigenvalue weighted by molar-refractivity contribution is 9.11. The summed E-state index contributed by atoms with van der Waals surface area (Å²) in [5.74, 6) is -0.498. The fraction of sp³-hybridized carbons (Fsp3) is 0.200. The molecule has 0 aromatic heterocycles. The molecule has 1 aliphatic heterocycles. The Labute approximate surface area is 96.3 Å². The Balaban J connectivity index is 2.99. The van der Waals surface area contributed by atoms with E-state index in [-0.39, 0.29) is 5.57 Å². The van der Waals surface area contributed by atoms with Crippen molar-refractivity contribution in [1.82, 2.24) is 5.32 Å². The highest BCUT2D eigenvalue weighted by Crippen LogP contribution is 2.16. The van der Waals surface area contributed by atoms with Crippen LogP contribution in [0.3, 0.4) is 0 Å². The minimum absolute atomic E-state index is 0.207. The Morgan fingerprint density at radius 3 is 3.00 bits per heavy atom. The number of carbonyl (C=O) groups is 1. The first-order valence-electron chi connectivity index (χ1n) is 4.41. The van der Waals surface area contributed by atoms with Crippen LogP contribution in [0.25, 0.3) is 0 Å². The molecule has 0 saturated carbocycles. The van der Waals surface area contributed by atoms with E-state index in [9.17, 15) is 4.79 Å². The van der Waals surface area contributed by atoms with Crippen LogP contribution >= 0.6 is 15.9 Å². The maximum absolute atomic E-state index is 11.4. The van der Waals surface area contributed by atoms with E-state index in [4.69, 9.17) is 10.1 Å². The van der Waals surface area contributed by atoms with Crippen LogP contribution in [0.15, 0.2) is 34.1 Å². The quantitative estimate of drug-likeness (QED) is 0.468. The zero-order chi connectivity index (χ0) is 11.3. The molecule has 1 rings (SSSR count). The molecule has 2 N–H and O–H groups in total. The van der Waals surface area contributed by atoms with Crippen molar-refractivity contribution in [3.8, 4) is 0 Å². The predicted octanol–water partition coefficient (Wildman–Crippen LogP) is 1.85. The summed E-state index contributed by atoms with van der Waals surface area (Å²) in [6.07, 6.45) is 6.19. The van der Waals surface area contributed by atoms with Crippen molar-refractivity contribution in [2.24, 2.45) is 0 Å². The molecule has 0 bridgehead atoms. The number of esters is 1. The number of hydrogen-bond donors (Lipinski definition) is 2. The van der Waals surface area contributed by atoms with Crippen molar-refractivity contribution >= 4 is 28.1 Å². The number of nitrogens with one attached hydrogen (secondary N) is 2. The second-order valence-electron chi connectivity index (χ2n) is 2.70. The van der Waals surface area contributed by atoms with Crippen LogP contribution in [0.4, 0.5) is 0 Å². The second kappa shape index (κ2) is 5.50. The lowest BCUT2D eigenvalue weighted by atomic mass is 10.2. The van der Waals surface area contributed by atoms with E-state index in [2.05, 4.69) is 21.2 Å². The predicted molar refractivity (Wildman–Crippen MR) is 61.7 cm³/mol. The number of dihydropyridines is 1. The lowest BCUT2D eigenvalue weighted by Gasteiger charge is -2.11. The highest BCUT2D eigenvalue weighted by atomic mass is 79.9. The summed E-state index contributed by atoms with van der Waals surface area (Å²) in [4.78, 5) is 11.4. The molecular formula is C10H11BrN2O2. The molecule has 0 amide bonds. The number of rotatable bonds is 3. The molecule has 0 unspecified atom stereocenters. The largest absolute Gasteiger partial charge is 0.462 e. The lowest BCUT2D eigenvalue weighted by Crippen LogP contribution is -2.17. The molecule has 0 atom stereocenters. The zero-order valence-electron chi connectivity index (χ0n) is 8.21. The van der Waals surface area contributed by atoms with Gasteiger partial charge >= 0.3 is 5.97 Å². The van der Waals surface area contributed by atoms with Crippen LogP contribution in [-0.4, -0.2) is 18.8 Å². The molecule has 80 valence electrons. The summed E-state index contributed by atoms with van der Waals surface area (Å²) in [6, 6.07) is 0. The molecule has 15 heavy (non-hydrogen) atoms. The molecule has 5 heteroatoms.